The molecule has 0 bridgehead atoms. The van der Waals surface area contributed by atoms with E-state index in [-0.39, 0.29) is 5.91 Å². The molecule has 21 heavy (non-hydrogen) atoms. The molecule has 1 aromatic carbocycles. The standard InChI is InChI=1S/C16H23NO4/c1-3-5-11-13(16(19)20)17-15(18)14(4-2)21-12-9-7-6-8-10-12/h6-10,13-14H,3-5,11H2,1-2H3,(H,17,18)(H,19,20)/t13-,14?/m0/s1. The molecule has 1 unspecified atom stereocenters. The molecule has 0 heterocycles. The minimum atomic E-state index is -1.01. The van der Waals surface area contributed by atoms with Crippen molar-refractivity contribution in [2.75, 3.05) is 0 Å². The number of hydrogen-bond acceptors (Lipinski definition) is 3. The highest BCUT2D eigenvalue weighted by atomic mass is 16.5. The first-order valence-electron chi connectivity index (χ1n) is 7.33. The van der Waals surface area contributed by atoms with Crippen LogP contribution in [-0.4, -0.2) is 29.1 Å². The second kappa shape index (κ2) is 9.00. The summed E-state index contributed by atoms with van der Waals surface area (Å²) in [6, 6.07) is 8.18. The molecule has 0 fully saturated rings. The summed E-state index contributed by atoms with van der Waals surface area (Å²) in [5.74, 6) is -0.795. The van der Waals surface area contributed by atoms with Gasteiger partial charge in [0.25, 0.3) is 5.91 Å². The minimum Gasteiger partial charge on any atom is -0.481 e. The number of hydrogen-bond donors (Lipinski definition) is 2. The zero-order valence-electron chi connectivity index (χ0n) is 12.5. The SMILES string of the molecule is CCCC[C@H](NC(=O)C(CC)Oc1ccccc1)C(=O)O. The van der Waals surface area contributed by atoms with Gasteiger partial charge in [0.1, 0.15) is 11.8 Å². The number of carbonyl (C=O) groups excluding carboxylic acids is 1. The van der Waals surface area contributed by atoms with Crippen molar-refractivity contribution in [2.24, 2.45) is 0 Å². The molecule has 0 saturated heterocycles. The van der Waals surface area contributed by atoms with Crippen LogP contribution in [0.15, 0.2) is 30.3 Å². The van der Waals surface area contributed by atoms with Gasteiger partial charge in [0, 0.05) is 0 Å². The largest absolute Gasteiger partial charge is 0.481 e. The molecule has 0 aliphatic carbocycles. The van der Waals surface area contributed by atoms with E-state index in [1.807, 2.05) is 32.0 Å². The number of ether oxygens (including phenoxy) is 1. The minimum absolute atomic E-state index is 0.384. The Hall–Kier alpha value is -2.04. The highest BCUT2D eigenvalue weighted by Crippen LogP contribution is 2.13. The van der Waals surface area contributed by atoms with E-state index in [1.54, 1.807) is 12.1 Å². The summed E-state index contributed by atoms with van der Waals surface area (Å²) in [6.07, 6.45) is 1.86. The Morgan fingerprint density at radius 2 is 1.90 bits per heavy atom. The third-order valence-corrected chi connectivity index (χ3v) is 3.15. The molecule has 0 aliphatic rings. The molecule has 0 aliphatic heterocycles. The van der Waals surface area contributed by atoms with Gasteiger partial charge in [-0.1, -0.05) is 44.9 Å². The molecule has 116 valence electrons. The van der Waals surface area contributed by atoms with Gasteiger partial charge >= 0.3 is 5.97 Å². The summed E-state index contributed by atoms with van der Waals surface area (Å²) in [5, 5.41) is 11.7. The molecule has 2 atom stereocenters. The summed E-state index contributed by atoms with van der Waals surface area (Å²) in [7, 11) is 0. The maximum absolute atomic E-state index is 12.2. The molecule has 5 heteroatoms. The van der Waals surface area contributed by atoms with Crippen molar-refractivity contribution in [1.29, 1.82) is 0 Å². The van der Waals surface area contributed by atoms with Crippen LogP contribution in [0.1, 0.15) is 39.5 Å². The lowest BCUT2D eigenvalue weighted by Gasteiger charge is -2.20. The lowest BCUT2D eigenvalue weighted by molar-refractivity contribution is -0.143. The third kappa shape index (κ3) is 5.85. The van der Waals surface area contributed by atoms with Crippen LogP contribution < -0.4 is 10.1 Å². The Bertz CT molecular complexity index is 447. The molecule has 5 nitrogen and oxygen atoms in total. The molecular formula is C16H23NO4. The van der Waals surface area contributed by atoms with E-state index in [4.69, 9.17) is 9.84 Å². The lowest BCUT2D eigenvalue weighted by atomic mass is 10.1. The first kappa shape index (κ1) is 17.0. The Labute approximate surface area is 125 Å². The predicted molar refractivity (Wildman–Crippen MR) is 80.2 cm³/mol. The van der Waals surface area contributed by atoms with Crippen molar-refractivity contribution < 1.29 is 19.4 Å². The van der Waals surface area contributed by atoms with Crippen LogP contribution in [0.4, 0.5) is 0 Å². The summed E-state index contributed by atoms with van der Waals surface area (Å²) in [5.41, 5.74) is 0. The van der Waals surface area contributed by atoms with Gasteiger partial charge in [-0.05, 0) is 25.0 Å². The molecule has 0 aromatic heterocycles. The van der Waals surface area contributed by atoms with Gasteiger partial charge < -0.3 is 15.2 Å². The zero-order valence-corrected chi connectivity index (χ0v) is 12.5. The van der Waals surface area contributed by atoms with Crippen molar-refractivity contribution in [3.63, 3.8) is 0 Å². The predicted octanol–water partition coefficient (Wildman–Crippen LogP) is 2.60. The number of carboxylic acids is 1. The Morgan fingerprint density at radius 3 is 2.43 bits per heavy atom. The van der Waals surface area contributed by atoms with Crippen LogP contribution >= 0.6 is 0 Å². The van der Waals surface area contributed by atoms with Gasteiger partial charge in [0.2, 0.25) is 0 Å². The maximum Gasteiger partial charge on any atom is 0.326 e. The summed E-state index contributed by atoms with van der Waals surface area (Å²) in [4.78, 5) is 23.3. The first-order valence-corrected chi connectivity index (χ1v) is 7.33. The van der Waals surface area contributed by atoms with E-state index in [9.17, 15) is 9.59 Å². The van der Waals surface area contributed by atoms with E-state index in [0.717, 1.165) is 12.8 Å². The van der Waals surface area contributed by atoms with E-state index >= 15 is 0 Å². The highest BCUT2D eigenvalue weighted by molar-refractivity contribution is 5.86. The number of carboxylic acid groups (broad SMARTS) is 1. The quantitative estimate of drug-likeness (QED) is 0.734. The average Bonchev–Trinajstić information content (AvgIpc) is 2.49. The molecular weight excluding hydrogens is 270 g/mol. The number of carbonyl (C=O) groups is 2. The second-order valence-electron chi connectivity index (χ2n) is 4.87. The van der Waals surface area contributed by atoms with Crippen LogP contribution in [0.5, 0.6) is 5.75 Å². The Balaban J connectivity index is 2.62. The molecule has 2 N–H and O–H groups in total. The number of benzene rings is 1. The third-order valence-electron chi connectivity index (χ3n) is 3.15. The monoisotopic (exact) mass is 293 g/mol. The number of rotatable bonds is 9. The fourth-order valence-electron chi connectivity index (χ4n) is 1.92. The van der Waals surface area contributed by atoms with Crippen molar-refractivity contribution in [2.45, 2.75) is 51.7 Å². The first-order chi connectivity index (χ1) is 10.1. The van der Waals surface area contributed by atoms with E-state index in [2.05, 4.69) is 5.32 Å². The molecule has 0 radical (unpaired) electrons. The van der Waals surface area contributed by atoms with Gasteiger partial charge in [-0.3, -0.25) is 4.79 Å². The van der Waals surface area contributed by atoms with Crippen LogP contribution in [0, 0.1) is 0 Å². The Morgan fingerprint density at radius 1 is 1.24 bits per heavy atom. The van der Waals surface area contributed by atoms with E-state index in [0.29, 0.717) is 18.6 Å². The van der Waals surface area contributed by atoms with Crippen LogP contribution in [0.25, 0.3) is 0 Å². The van der Waals surface area contributed by atoms with Crippen LogP contribution in [0.3, 0.4) is 0 Å². The van der Waals surface area contributed by atoms with Gasteiger partial charge in [0.05, 0.1) is 0 Å². The molecule has 0 spiro atoms. The normalized spacial score (nSPS) is 13.2. The zero-order chi connectivity index (χ0) is 15.7. The average molecular weight is 293 g/mol. The fraction of sp³-hybridized carbons (Fsp3) is 0.500. The fourth-order valence-corrected chi connectivity index (χ4v) is 1.92. The van der Waals surface area contributed by atoms with Crippen LogP contribution in [-0.2, 0) is 9.59 Å². The van der Waals surface area contributed by atoms with E-state index in [1.165, 1.54) is 0 Å². The van der Waals surface area contributed by atoms with Gasteiger partial charge in [-0.15, -0.1) is 0 Å². The number of amides is 1. The molecule has 1 rings (SSSR count). The van der Waals surface area contributed by atoms with Crippen molar-refractivity contribution in [3.8, 4) is 5.75 Å². The Kier molecular flexibility index (Phi) is 7.29. The summed E-state index contributed by atoms with van der Waals surface area (Å²) in [6.45, 7) is 3.81. The molecule has 1 aromatic rings. The van der Waals surface area contributed by atoms with Crippen molar-refractivity contribution in [1.82, 2.24) is 5.32 Å². The topological polar surface area (TPSA) is 75.6 Å². The summed E-state index contributed by atoms with van der Waals surface area (Å²) >= 11 is 0. The van der Waals surface area contributed by atoms with Gasteiger partial charge in [0.15, 0.2) is 6.10 Å². The maximum atomic E-state index is 12.2. The summed E-state index contributed by atoms with van der Waals surface area (Å²) < 4.78 is 5.61. The number of para-hydroxylation sites is 1. The van der Waals surface area contributed by atoms with Gasteiger partial charge in [-0.2, -0.15) is 0 Å². The smallest absolute Gasteiger partial charge is 0.326 e. The van der Waals surface area contributed by atoms with Crippen molar-refractivity contribution in [3.05, 3.63) is 30.3 Å². The number of aliphatic carboxylic acids is 1. The molecule has 1 amide bonds. The second-order valence-corrected chi connectivity index (χ2v) is 4.87. The molecule has 0 saturated carbocycles. The highest BCUT2D eigenvalue weighted by Gasteiger charge is 2.25. The number of unbranched alkanes of at least 4 members (excludes halogenated alkanes) is 1. The van der Waals surface area contributed by atoms with E-state index < -0.39 is 18.1 Å². The number of nitrogens with one attached hydrogen (secondary N) is 1. The van der Waals surface area contributed by atoms with Crippen LogP contribution in [0.2, 0.25) is 0 Å². The van der Waals surface area contributed by atoms with Gasteiger partial charge in [-0.25, -0.2) is 4.79 Å². The van der Waals surface area contributed by atoms with Crippen molar-refractivity contribution >= 4 is 11.9 Å². The lowest BCUT2D eigenvalue weighted by Crippen LogP contribution is -2.47.